The number of rotatable bonds is 7. The Kier molecular flexibility index (Phi) is 8.66. The van der Waals surface area contributed by atoms with Crippen LogP contribution in [0.15, 0.2) is 24.5 Å². The smallest absolute Gasteiger partial charge is 0.365 e. The number of halogens is 2. The van der Waals surface area contributed by atoms with E-state index in [1.807, 2.05) is 6.33 Å². The number of carbonyl (C=O) groups is 1. The van der Waals surface area contributed by atoms with Crippen LogP contribution in [0, 0.1) is 0 Å². The van der Waals surface area contributed by atoms with Crippen molar-refractivity contribution in [3.8, 4) is 0 Å². The van der Waals surface area contributed by atoms with E-state index in [0.717, 1.165) is 68.3 Å². The highest BCUT2D eigenvalue weighted by molar-refractivity contribution is 6.35. The average Bonchev–Trinajstić information content (AvgIpc) is 3.61. The molecule has 0 atom stereocenters. The molecule has 41 heavy (non-hydrogen) atoms. The average molecular weight is 603 g/mol. The van der Waals surface area contributed by atoms with Gasteiger partial charge in [0.05, 0.1) is 6.33 Å². The van der Waals surface area contributed by atoms with E-state index in [-0.39, 0.29) is 12.1 Å². The van der Waals surface area contributed by atoms with Gasteiger partial charge in [-0.2, -0.15) is 9.97 Å². The number of nitrogens with one attached hydrogen (secondary N) is 3. The van der Waals surface area contributed by atoms with E-state index in [0.29, 0.717) is 46.9 Å². The van der Waals surface area contributed by atoms with E-state index in [1.165, 1.54) is 12.8 Å². The molecule has 13 heteroatoms. The number of aromatic nitrogens is 4. The molecule has 1 amide bonds. The summed E-state index contributed by atoms with van der Waals surface area (Å²) in [6, 6.07) is 6.03. The number of carbonyl (C=O) groups excluding carboxylic acids is 1. The quantitative estimate of drug-likeness (QED) is 0.258. The summed E-state index contributed by atoms with van der Waals surface area (Å²) in [4.78, 5) is 32.6. The zero-order valence-electron chi connectivity index (χ0n) is 23.0. The summed E-state index contributed by atoms with van der Waals surface area (Å²) in [7, 11) is 0. The van der Waals surface area contributed by atoms with Crippen molar-refractivity contribution in [1.29, 1.82) is 0 Å². The van der Waals surface area contributed by atoms with Crippen LogP contribution in [-0.4, -0.2) is 61.9 Å². The minimum atomic E-state index is -0.580. The molecular formula is C28H37Cl2N9O2. The van der Waals surface area contributed by atoms with Gasteiger partial charge in [0.1, 0.15) is 0 Å². The highest BCUT2D eigenvalue weighted by Gasteiger charge is 2.27. The molecule has 5 N–H and O–H groups in total. The lowest BCUT2D eigenvalue weighted by atomic mass is 9.92. The monoisotopic (exact) mass is 601 g/mol. The first-order valence-electron chi connectivity index (χ1n) is 14.6. The van der Waals surface area contributed by atoms with Crippen LogP contribution in [0.3, 0.4) is 0 Å². The summed E-state index contributed by atoms with van der Waals surface area (Å²) < 4.78 is 2.24. The number of hydroxylamine groups is 2. The van der Waals surface area contributed by atoms with E-state index >= 15 is 0 Å². The second kappa shape index (κ2) is 12.6. The van der Waals surface area contributed by atoms with Gasteiger partial charge in [-0.25, -0.2) is 9.78 Å². The van der Waals surface area contributed by atoms with Crippen LogP contribution in [-0.2, 0) is 4.84 Å². The molecule has 1 saturated heterocycles. The number of nitrogens with zero attached hydrogens (tertiary/aromatic N) is 5. The van der Waals surface area contributed by atoms with Crippen LogP contribution in [0.25, 0.3) is 11.2 Å². The maximum Gasteiger partial charge on any atom is 0.430 e. The fourth-order valence-corrected chi connectivity index (χ4v) is 6.67. The molecule has 3 fully saturated rings. The second-order valence-corrected chi connectivity index (χ2v) is 12.3. The van der Waals surface area contributed by atoms with E-state index < -0.39 is 6.09 Å². The molecule has 0 bridgehead atoms. The predicted octanol–water partition coefficient (Wildman–Crippen LogP) is 5.97. The van der Waals surface area contributed by atoms with Gasteiger partial charge in [-0.1, -0.05) is 36.0 Å². The van der Waals surface area contributed by atoms with Gasteiger partial charge >= 0.3 is 6.09 Å². The van der Waals surface area contributed by atoms with Crippen LogP contribution in [0.2, 0.25) is 10.0 Å². The Morgan fingerprint density at radius 1 is 0.902 bits per heavy atom. The molecule has 2 aromatic heterocycles. The van der Waals surface area contributed by atoms with E-state index in [2.05, 4.69) is 20.5 Å². The van der Waals surface area contributed by atoms with Gasteiger partial charge < -0.3 is 25.8 Å². The first kappa shape index (κ1) is 28.3. The van der Waals surface area contributed by atoms with Gasteiger partial charge in [0, 0.05) is 53.0 Å². The molecule has 1 aromatic carbocycles. The highest BCUT2D eigenvalue weighted by atomic mass is 35.5. The van der Waals surface area contributed by atoms with Crippen LogP contribution in [0.1, 0.15) is 70.3 Å². The highest BCUT2D eigenvalue weighted by Crippen LogP contribution is 2.34. The summed E-state index contributed by atoms with van der Waals surface area (Å²) in [5.41, 5.74) is 8.28. The van der Waals surface area contributed by atoms with Gasteiger partial charge in [0.25, 0.3) is 0 Å². The number of hydrogen-bond acceptors (Lipinski definition) is 9. The molecule has 11 nitrogen and oxygen atoms in total. The largest absolute Gasteiger partial charge is 0.430 e. The molecule has 3 aromatic rings. The molecule has 0 unspecified atom stereocenters. The fraction of sp³-hybridized carbons (Fsp3) is 0.571. The zero-order valence-corrected chi connectivity index (χ0v) is 24.5. The minimum Gasteiger partial charge on any atom is -0.365 e. The van der Waals surface area contributed by atoms with E-state index in [4.69, 9.17) is 48.7 Å². The Morgan fingerprint density at radius 2 is 1.59 bits per heavy atom. The Labute approximate surface area is 249 Å². The number of anilines is 3. The number of amides is 1. The second-order valence-electron chi connectivity index (χ2n) is 11.4. The van der Waals surface area contributed by atoms with Gasteiger partial charge in [-0.05, 0) is 69.6 Å². The summed E-state index contributed by atoms with van der Waals surface area (Å²) in [6.07, 6.45) is 11.7. The molecule has 220 valence electrons. The van der Waals surface area contributed by atoms with Crippen LogP contribution in [0.5, 0.6) is 0 Å². The third-order valence-electron chi connectivity index (χ3n) is 8.36. The number of nitrogens with two attached hydrogens (primary N) is 1. The standard InChI is InChI=1S/C28H37Cl2N9O2/c29-17-13-18(30)15-22(14-17)35-28(40)41-38-11-9-21(10-12-38)33-25-24-26(39(16-32-24)23-3-1-2-4-23)37-27(36-25)34-20-7-5-19(31)6-8-20/h13-16,19-21,23H,1-12,31H2,(H,35,40)(H2,33,34,36,37)/t19-,20-. The fourth-order valence-electron chi connectivity index (χ4n) is 6.15. The van der Waals surface area contributed by atoms with Crippen molar-refractivity contribution < 1.29 is 9.63 Å². The molecule has 0 spiro atoms. The molecule has 1 aliphatic heterocycles. The first-order chi connectivity index (χ1) is 19.9. The van der Waals surface area contributed by atoms with Crippen molar-refractivity contribution in [2.75, 3.05) is 29.0 Å². The third-order valence-corrected chi connectivity index (χ3v) is 8.80. The topological polar surface area (TPSA) is 135 Å². The Hall–Kier alpha value is -2.86. The number of piperidine rings is 1. The molecule has 0 radical (unpaired) electrons. The van der Waals surface area contributed by atoms with Crippen molar-refractivity contribution in [3.63, 3.8) is 0 Å². The summed E-state index contributed by atoms with van der Waals surface area (Å²) >= 11 is 12.1. The molecule has 6 rings (SSSR count). The van der Waals surface area contributed by atoms with Gasteiger partial charge in [-0.15, -0.1) is 5.06 Å². The normalized spacial score (nSPS) is 22.6. The minimum absolute atomic E-state index is 0.153. The van der Waals surface area contributed by atoms with Gasteiger partial charge in [-0.3, -0.25) is 5.32 Å². The number of hydrogen-bond donors (Lipinski definition) is 4. The summed E-state index contributed by atoms with van der Waals surface area (Å²) in [5.74, 6) is 1.38. The Morgan fingerprint density at radius 3 is 2.29 bits per heavy atom. The maximum atomic E-state index is 12.4. The SMILES string of the molecule is N[C@H]1CC[C@H](Nc2nc(NC3CCN(OC(=O)Nc4cc(Cl)cc(Cl)c4)CC3)c3ncn(C4CCCC4)c3n2)CC1. The van der Waals surface area contributed by atoms with Gasteiger partial charge in [0.15, 0.2) is 17.0 Å². The zero-order chi connectivity index (χ0) is 28.3. The van der Waals surface area contributed by atoms with Crippen molar-refractivity contribution in [3.05, 3.63) is 34.6 Å². The van der Waals surface area contributed by atoms with E-state index in [9.17, 15) is 4.79 Å². The molecular weight excluding hydrogens is 565 g/mol. The van der Waals surface area contributed by atoms with Crippen LogP contribution < -0.4 is 21.7 Å². The third kappa shape index (κ3) is 6.97. The first-order valence-corrected chi connectivity index (χ1v) is 15.4. The summed E-state index contributed by atoms with van der Waals surface area (Å²) in [6.45, 7) is 1.17. The molecule has 2 aliphatic carbocycles. The maximum absolute atomic E-state index is 12.4. The molecule has 2 saturated carbocycles. The van der Waals surface area contributed by atoms with Crippen molar-refractivity contribution in [2.45, 2.75) is 88.4 Å². The number of imidazole rings is 1. The summed E-state index contributed by atoms with van der Waals surface area (Å²) in [5, 5.41) is 12.5. The number of fused-ring (bicyclic) bond motifs is 1. The van der Waals surface area contributed by atoms with Crippen LogP contribution in [0.4, 0.5) is 22.2 Å². The Balaban J connectivity index is 1.11. The lowest BCUT2D eigenvalue weighted by Gasteiger charge is -2.31. The number of benzene rings is 1. The lowest BCUT2D eigenvalue weighted by Crippen LogP contribution is -2.41. The molecule has 3 aliphatic rings. The van der Waals surface area contributed by atoms with Crippen molar-refractivity contribution >= 4 is 57.9 Å². The lowest BCUT2D eigenvalue weighted by molar-refractivity contribution is -0.106. The van der Waals surface area contributed by atoms with E-state index in [1.54, 1.807) is 23.3 Å². The Bertz CT molecular complexity index is 1340. The molecule has 3 heterocycles. The predicted molar refractivity (Wildman–Crippen MR) is 161 cm³/mol. The van der Waals surface area contributed by atoms with Gasteiger partial charge in [0.2, 0.25) is 5.95 Å². The van der Waals surface area contributed by atoms with Crippen molar-refractivity contribution in [1.82, 2.24) is 24.6 Å². The van der Waals surface area contributed by atoms with Crippen molar-refractivity contribution in [2.24, 2.45) is 5.73 Å². The van der Waals surface area contributed by atoms with Crippen LogP contribution >= 0.6 is 23.2 Å².